The molecule has 4 aliphatic heterocycles. The van der Waals surface area contributed by atoms with Gasteiger partial charge in [-0.2, -0.15) is 0 Å². The van der Waals surface area contributed by atoms with Crippen molar-refractivity contribution in [3.05, 3.63) is 64.7 Å². The van der Waals surface area contributed by atoms with Crippen LogP contribution in [0.25, 0.3) is 0 Å². The summed E-state index contributed by atoms with van der Waals surface area (Å²) in [6.07, 6.45) is 4.34. The summed E-state index contributed by atoms with van der Waals surface area (Å²) in [5.74, 6) is -4.43. The zero-order valence-corrected chi connectivity index (χ0v) is 24.6. The van der Waals surface area contributed by atoms with Crippen molar-refractivity contribution in [2.45, 2.75) is 108 Å². The van der Waals surface area contributed by atoms with Crippen LogP contribution in [0.2, 0.25) is 0 Å². The maximum Gasteiger partial charge on any atom is 0.278 e. The van der Waals surface area contributed by atoms with Gasteiger partial charge in [0.25, 0.3) is 5.92 Å². The molecule has 4 atom stereocenters. The number of nitrogens with one attached hydrogen (secondary N) is 1. The predicted octanol–water partition coefficient (Wildman–Crippen LogP) is 6.07. The Kier molecular flexibility index (Phi) is 7.05. The lowest BCUT2D eigenvalue weighted by molar-refractivity contribution is -0.136. The van der Waals surface area contributed by atoms with Crippen LogP contribution in [-0.4, -0.2) is 33.8 Å². The number of nitrogens with zero attached hydrogens (tertiary/aromatic N) is 2. The van der Waals surface area contributed by atoms with Gasteiger partial charge in [-0.25, -0.2) is 13.8 Å². The standard InChI is InChI=1S/C33H40F2N4O3/c1-4-32-16-8-7-9-20-12-14-26-22(17-20)25(18-31(2,3)42-26)37-27(40)15-13-24-29(39(28(41)19-32)30(36)38-32)21-10-5-6-11-23(21)33(24,34)35/h5-6,10-12,14,17,24-25,29H,4,7-9,13,15-16,18-19H2,1-3H3,(H2,36,38)(H,37,40)/t24?,25-,29?,32+/m0/s1. The Hall–Kier alpha value is -3.49. The van der Waals surface area contributed by atoms with Gasteiger partial charge >= 0.3 is 0 Å². The quantitative estimate of drug-likeness (QED) is 0.429. The number of rotatable bonds is 1. The highest BCUT2D eigenvalue weighted by atomic mass is 19.3. The van der Waals surface area contributed by atoms with E-state index in [4.69, 9.17) is 15.5 Å². The number of aryl methyl sites for hydroxylation is 1. The van der Waals surface area contributed by atoms with Gasteiger partial charge in [0.05, 0.1) is 30.0 Å². The maximum atomic E-state index is 16.1. The Morgan fingerprint density at radius 2 is 1.88 bits per heavy atom. The van der Waals surface area contributed by atoms with Crippen LogP contribution < -0.4 is 15.8 Å². The average Bonchev–Trinajstić information content (AvgIpc) is 3.15. The number of carbonyl (C=O) groups excluding carboxylic acids is 2. The van der Waals surface area contributed by atoms with Crippen LogP contribution in [0.15, 0.2) is 47.5 Å². The highest BCUT2D eigenvalue weighted by Crippen LogP contribution is 2.56. The van der Waals surface area contributed by atoms with Gasteiger partial charge in [0.15, 0.2) is 5.96 Å². The molecule has 0 radical (unpaired) electrons. The Balaban J connectivity index is 1.40. The normalized spacial score (nSPS) is 30.3. The second kappa shape index (κ2) is 10.3. The van der Waals surface area contributed by atoms with E-state index in [-0.39, 0.29) is 48.6 Å². The number of amides is 2. The van der Waals surface area contributed by atoms with Crippen molar-refractivity contribution in [1.29, 1.82) is 0 Å². The smallest absolute Gasteiger partial charge is 0.278 e. The summed E-state index contributed by atoms with van der Waals surface area (Å²) in [4.78, 5) is 33.3. The second-order valence-corrected chi connectivity index (χ2v) is 13.1. The first-order chi connectivity index (χ1) is 19.9. The lowest BCUT2D eigenvalue weighted by atomic mass is 9.83. The van der Waals surface area contributed by atoms with Crippen molar-refractivity contribution >= 4 is 17.8 Å². The largest absolute Gasteiger partial charge is 0.487 e. The number of guanidine groups is 1. The second-order valence-electron chi connectivity index (χ2n) is 13.1. The van der Waals surface area contributed by atoms with Gasteiger partial charge in [-0.15, -0.1) is 0 Å². The van der Waals surface area contributed by atoms with Gasteiger partial charge in [0.2, 0.25) is 11.8 Å². The summed E-state index contributed by atoms with van der Waals surface area (Å²) in [7, 11) is 0. The number of halogens is 2. The van der Waals surface area contributed by atoms with Crippen molar-refractivity contribution in [1.82, 2.24) is 10.2 Å². The molecule has 2 aromatic carbocycles. The lowest BCUT2D eigenvalue weighted by Gasteiger charge is -2.41. The zero-order chi connectivity index (χ0) is 29.9. The fourth-order valence-corrected chi connectivity index (χ4v) is 7.51. The first-order valence-corrected chi connectivity index (χ1v) is 15.2. The Labute approximate surface area is 245 Å². The van der Waals surface area contributed by atoms with Gasteiger partial charge in [0, 0.05) is 24.0 Å². The van der Waals surface area contributed by atoms with E-state index in [0.29, 0.717) is 24.8 Å². The highest BCUT2D eigenvalue weighted by Gasteiger charge is 2.58. The van der Waals surface area contributed by atoms with Crippen molar-refractivity contribution in [3.63, 3.8) is 0 Å². The van der Waals surface area contributed by atoms with Gasteiger partial charge < -0.3 is 15.8 Å². The van der Waals surface area contributed by atoms with Crippen LogP contribution in [0, 0.1) is 5.92 Å². The van der Waals surface area contributed by atoms with Crippen LogP contribution in [-0.2, 0) is 21.9 Å². The van der Waals surface area contributed by atoms with Crippen molar-refractivity contribution in [3.8, 4) is 5.75 Å². The first-order valence-electron chi connectivity index (χ1n) is 15.2. The molecule has 4 heterocycles. The summed E-state index contributed by atoms with van der Waals surface area (Å²) in [5.41, 5.74) is 7.66. The molecule has 0 spiro atoms. The third-order valence-corrected chi connectivity index (χ3v) is 9.68. The van der Waals surface area contributed by atoms with E-state index in [0.717, 1.165) is 36.1 Å². The predicted molar refractivity (Wildman–Crippen MR) is 156 cm³/mol. The number of benzene rings is 2. The van der Waals surface area contributed by atoms with Gasteiger partial charge in [0.1, 0.15) is 11.4 Å². The molecule has 42 heavy (non-hydrogen) atoms. The van der Waals surface area contributed by atoms with Crippen LogP contribution in [0.4, 0.5) is 8.78 Å². The molecule has 7 nitrogen and oxygen atoms in total. The van der Waals surface area contributed by atoms with Gasteiger partial charge in [-0.05, 0) is 63.1 Å². The summed E-state index contributed by atoms with van der Waals surface area (Å²) in [6, 6.07) is 11.2. The van der Waals surface area contributed by atoms with Gasteiger partial charge in [-0.3, -0.25) is 14.5 Å². The number of hydrogen-bond acceptors (Lipinski definition) is 5. The molecule has 1 aliphatic carbocycles. The van der Waals surface area contributed by atoms with E-state index in [2.05, 4.69) is 17.4 Å². The van der Waals surface area contributed by atoms with E-state index < -0.39 is 29.0 Å². The number of ether oxygens (including phenoxy) is 1. The van der Waals surface area contributed by atoms with Crippen molar-refractivity contribution in [2.24, 2.45) is 16.6 Å². The topological polar surface area (TPSA) is 97.0 Å². The third-order valence-electron chi connectivity index (χ3n) is 9.68. The molecule has 4 bridgehead atoms. The molecule has 0 saturated carbocycles. The molecule has 0 saturated heterocycles. The Morgan fingerprint density at radius 3 is 2.64 bits per heavy atom. The molecule has 224 valence electrons. The Bertz CT molecular complexity index is 1440. The number of nitrogens with two attached hydrogens (primary N) is 1. The molecule has 7 rings (SSSR count). The number of carbonyl (C=O) groups is 2. The minimum atomic E-state index is -3.25. The number of alkyl halides is 2. The van der Waals surface area contributed by atoms with E-state index in [9.17, 15) is 9.59 Å². The molecular weight excluding hydrogens is 538 g/mol. The van der Waals surface area contributed by atoms with Gasteiger partial charge in [-0.1, -0.05) is 49.7 Å². The SMILES string of the molecule is CC[C@@]12CCCCc3ccc4c(c3)[C@H](CC(C)(C)O4)NC(=O)CCC3C(c4ccccc4C3(F)F)N(C(=O)C1)C(N)=N2. The number of fused-ring (bicyclic) bond motifs is 8. The summed E-state index contributed by atoms with van der Waals surface area (Å²) in [5, 5.41) is 3.13. The average molecular weight is 579 g/mol. The monoisotopic (exact) mass is 578 g/mol. The van der Waals surface area contributed by atoms with E-state index in [1.807, 2.05) is 26.8 Å². The molecule has 0 fully saturated rings. The fraction of sp³-hybridized carbons (Fsp3) is 0.545. The van der Waals surface area contributed by atoms with Crippen molar-refractivity contribution in [2.75, 3.05) is 0 Å². The molecule has 9 heteroatoms. The van der Waals surface area contributed by atoms with E-state index in [1.54, 1.807) is 18.2 Å². The minimum Gasteiger partial charge on any atom is -0.487 e. The first kappa shape index (κ1) is 28.6. The van der Waals surface area contributed by atoms with Crippen LogP contribution >= 0.6 is 0 Å². The van der Waals surface area contributed by atoms with Crippen molar-refractivity contribution < 1.29 is 23.1 Å². The summed E-state index contributed by atoms with van der Waals surface area (Å²) in [6.45, 7) is 5.97. The third kappa shape index (κ3) is 4.94. The number of aliphatic imine (C=N–C) groups is 1. The molecular formula is C33H40F2N4O3. The molecule has 2 unspecified atom stereocenters. The van der Waals surface area contributed by atoms with Crippen LogP contribution in [0.3, 0.4) is 0 Å². The molecule has 5 aliphatic rings. The highest BCUT2D eigenvalue weighted by molar-refractivity contribution is 5.99. The molecule has 0 aromatic heterocycles. The summed E-state index contributed by atoms with van der Waals surface area (Å²) >= 11 is 0. The molecule has 3 N–H and O–H groups in total. The molecule has 2 aromatic rings. The van der Waals surface area contributed by atoms with E-state index in [1.165, 1.54) is 11.0 Å². The lowest BCUT2D eigenvalue weighted by Crippen LogP contribution is -2.54. The van der Waals surface area contributed by atoms with E-state index >= 15 is 8.78 Å². The molecule has 2 amide bonds. The minimum absolute atomic E-state index is 0.00848. The Morgan fingerprint density at radius 1 is 1.10 bits per heavy atom. The zero-order valence-electron chi connectivity index (χ0n) is 24.6. The summed E-state index contributed by atoms with van der Waals surface area (Å²) < 4.78 is 38.4. The fourth-order valence-electron chi connectivity index (χ4n) is 7.51. The maximum absolute atomic E-state index is 16.1. The van der Waals surface area contributed by atoms with Crippen LogP contribution in [0.5, 0.6) is 5.75 Å². The number of hydrogen-bond donors (Lipinski definition) is 2. The van der Waals surface area contributed by atoms with Crippen LogP contribution in [0.1, 0.15) is 106 Å².